The standard InChI is InChI=1S/C17H23NO6S/c1-12-5-8-14(9-6-12)25(20,21)18-15-10-7-13(16(19)22-2)11-17(15,23-3)24-4/h5-9,15,18H,10-11H2,1-4H3/t15-/m0/s1. The van der Waals surface area contributed by atoms with Crippen molar-refractivity contribution >= 4 is 16.0 Å². The average molecular weight is 369 g/mol. The summed E-state index contributed by atoms with van der Waals surface area (Å²) in [6, 6.07) is 5.84. The molecule has 0 spiro atoms. The van der Waals surface area contributed by atoms with Gasteiger partial charge in [0, 0.05) is 26.2 Å². The molecule has 2 rings (SSSR count). The molecule has 1 aromatic carbocycles. The molecule has 25 heavy (non-hydrogen) atoms. The van der Waals surface area contributed by atoms with Crippen molar-refractivity contribution in [2.75, 3.05) is 21.3 Å². The quantitative estimate of drug-likeness (QED) is 0.604. The minimum atomic E-state index is -3.77. The maximum atomic E-state index is 12.7. The second-order valence-corrected chi connectivity index (χ2v) is 7.55. The van der Waals surface area contributed by atoms with Crippen LogP contribution in [0, 0.1) is 6.92 Å². The van der Waals surface area contributed by atoms with Crippen LogP contribution in [-0.4, -0.2) is 47.5 Å². The first-order valence-electron chi connectivity index (χ1n) is 7.74. The number of benzene rings is 1. The molecule has 0 radical (unpaired) electrons. The Morgan fingerprint density at radius 3 is 2.28 bits per heavy atom. The number of esters is 1. The van der Waals surface area contributed by atoms with Gasteiger partial charge in [0.2, 0.25) is 10.0 Å². The molecule has 1 N–H and O–H groups in total. The van der Waals surface area contributed by atoms with Crippen LogP contribution in [0.25, 0.3) is 0 Å². The number of hydrogen-bond donors (Lipinski definition) is 1. The van der Waals surface area contributed by atoms with E-state index < -0.39 is 27.8 Å². The molecule has 0 saturated heterocycles. The van der Waals surface area contributed by atoms with Gasteiger partial charge in [-0.3, -0.25) is 0 Å². The Labute approximate surface area is 148 Å². The van der Waals surface area contributed by atoms with Crippen LogP contribution < -0.4 is 4.72 Å². The van der Waals surface area contributed by atoms with E-state index in [9.17, 15) is 13.2 Å². The van der Waals surface area contributed by atoms with Crippen molar-refractivity contribution in [3.05, 3.63) is 41.5 Å². The number of carbonyl (C=O) groups is 1. The van der Waals surface area contributed by atoms with Crippen LogP contribution in [0.2, 0.25) is 0 Å². The summed E-state index contributed by atoms with van der Waals surface area (Å²) in [4.78, 5) is 11.9. The molecular weight excluding hydrogens is 346 g/mol. The Balaban J connectivity index is 2.31. The number of sulfonamides is 1. The first kappa shape index (κ1) is 19.6. The average Bonchev–Trinajstić information content (AvgIpc) is 2.61. The highest BCUT2D eigenvalue weighted by Gasteiger charge is 2.45. The SMILES string of the molecule is COC(=O)C1=CC[C@H](NS(=O)(=O)c2ccc(C)cc2)C(OC)(OC)C1. The number of methoxy groups -OCH3 is 3. The lowest BCUT2D eigenvalue weighted by Crippen LogP contribution is -2.56. The van der Waals surface area contributed by atoms with Crippen LogP contribution in [0.1, 0.15) is 18.4 Å². The van der Waals surface area contributed by atoms with Crippen molar-refractivity contribution in [1.29, 1.82) is 0 Å². The summed E-state index contributed by atoms with van der Waals surface area (Å²) < 4.78 is 43.6. The van der Waals surface area contributed by atoms with Gasteiger partial charge in [-0.05, 0) is 25.5 Å². The third-order valence-electron chi connectivity index (χ3n) is 4.34. The molecule has 1 aromatic rings. The first-order valence-corrected chi connectivity index (χ1v) is 9.23. The number of aryl methyl sites for hydroxylation is 1. The molecular formula is C17H23NO6S. The van der Waals surface area contributed by atoms with Crippen molar-refractivity contribution < 1.29 is 27.4 Å². The maximum absolute atomic E-state index is 12.7. The molecule has 0 saturated carbocycles. The van der Waals surface area contributed by atoms with Gasteiger partial charge in [-0.1, -0.05) is 23.8 Å². The zero-order valence-electron chi connectivity index (χ0n) is 14.7. The van der Waals surface area contributed by atoms with E-state index in [0.717, 1.165) is 5.56 Å². The summed E-state index contributed by atoms with van der Waals surface area (Å²) in [5, 5.41) is 0. The van der Waals surface area contributed by atoms with E-state index in [1.807, 2.05) is 6.92 Å². The minimum absolute atomic E-state index is 0.0771. The smallest absolute Gasteiger partial charge is 0.333 e. The van der Waals surface area contributed by atoms with E-state index in [0.29, 0.717) is 5.57 Å². The molecule has 138 valence electrons. The van der Waals surface area contributed by atoms with Gasteiger partial charge in [0.25, 0.3) is 0 Å². The van der Waals surface area contributed by atoms with Gasteiger partial charge in [0.1, 0.15) is 0 Å². The predicted octanol–water partition coefficient (Wildman–Crippen LogP) is 1.52. The van der Waals surface area contributed by atoms with Crippen LogP contribution in [-0.2, 0) is 29.0 Å². The lowest BCUT2D eigenvalue weighted by Gasteiger charge is -2.40. The molecule has 1 aliphatic carbocycles. The topological polar surface area (TPSA) is 90.9 Å². The van der Waals surface area contributed by atoms with Crippen molar-refractivity contribution in [3.8, 4) is 0 Å². The molecule has 0 aliphatic heterocycles. The summed E-state index contributed by atoms with van der Waals surface area (Å²) in [6.45, 7) is 1.88. The second kappa shape index (κ2) is 7.65. The minimum Gasteiger partial charge on any atom is -0.466 e. The lowest BCUT2D eigenvalue weighted by atomic mass is 9.89. The molecule has 1 atom stereocenters. The number of ether oxygens (including phenoxy) is 3. The van der Waals surface area contributed by atoms with Crippen LogP contribution in [0.15, 0.2) is 40.8 Å². The molecule has 7 nitrogen and oxygen atoms in total. The summed E-state index contributed by atoms with van der Waals surface area (Å²) in [6.07, 6.45) is 1.95. The number of rotatable bonds is 6. The molecule has 0 fully saturated rings. The van der Waals surface area contributed by atoms with E-state index in [4.69, 9.17) is 14.2 Å². The first-order chi connectivity index (χ1) is 11.8. The Morgan fingerprint density at radius 2 is 1.76 bits per heavy atom. The monoisotopic (exact) mass is 369 g/mol. The largest absolute Gasteiger partial charge is 0.466 e. The van der Waals surface area contributed by atoms with Gasteiger partial charge < -0.3 is 14.2 Å². The van der Waals surface area contributed by atoms with E-state index in [1.165, 1.54) is 33.5 Å². The van der Waals surface area contributed by atoms with E-state index in [1.54, 1.807) is 18.2 Å². The summed E-state index contributed by atoms with van der Waals surface area (Å²) >= 11 is 0. The summed E-state index contributed by atoms with van der Waals surface area (Å²) in [5.41, 5.74) is 1.35. The van der Waals surface area contributed by atoms with Crippen molar-refractivity contribution in [2.45, 2.75) is 36.5 Å². The van der Waals surface area contributed by atoms with Crippen LogP contribution in [0.4, 0.5) is 0 Å². The molecule has 8 heteroatoms. The Morgan fingerprint density at radius 1 is 1.16 bits per heavy atom. The highest BCUT2D eigenvalue weighted by atomic mass is 32.2. The number of carbonyl (C=O) groups excluding carboxylic acids is 1. The zero-order valence-corrected chi connectivity index (χ0v) is 15.6. The van der Waals surface area contributed by atoms with Gasteiger partial charge in [-0.25, -0.2) is 17.9 Å². The predicted molar refractivity (Wildman–Crippen MR) is 91.4 cm³/mol. The second-order valence-electron chi connectivity index (χ2n) is 5.84. The van der Waals surface area contributed by atoms with Crippen molar-refractivity contribution in [3.63, 3.8) is 0 Å². The van der Waals surface area contributed by atoms with Crippen LogP contribution in [0.3, 0.4) is 0 Å². The fourth-order valence-electron chi connectivity index (χ4n) is 2.81. The highest BCUT2D eigenvalue weighted by Crippen LogP contribution is 2.33. The maximum Gasteiger partial charge on any atom is 0.333 e. The fraction of sp³-hybridized carbons (Fsp3) is 0.471. The Hall–Kier alpha value is -1.74. The van der Waals surface area contributed by atoms with Crippen LogP contribution in [0.5, 0.6) is 0 Å². The number of nitrogens with one attached hydrogen (secondary N) is 1. The molecule has 0 amide bonds. The van der Waals surface area contributed by atoms with E-state index in [2.05, 4.69) is 4.72 Å². The normalized spacial score (nSPS) is 20.0. The van der Waals surface area contributed by atoms with Crippen molar-refractivity contribution in [1.82, 2.24) is 4.72 Å². The van der Waals surface area contributed by atoms with Gasteiger partial charge in [-0.15, -0.1) is 0 Å². The van der Waals surface area contributed by atoms with Gasteiger partial charge in [0.05, 0.1) is 18.0 Å². The zero-order chi connectivity index (χ0) is 18.7. The van der Waals surface area contributed by atoms with Gasteiger partial charge >= 0.3 is 5.97 Å². The lowest BCUT2D eigenvalue weighted by molar-refractivity contribution is -0.224. The fourth-order valence-corrected chi connectivity index (χ4v) is 4.09. The summed E-state index contributed by atoms with van der Waals surface area (Å²) in [5.74, 6) is -1.78. The Kier molecular flexibility index (Phi) is 5.99. The van der Waals surface area contributed by atoms with E-state index >= 15 is 0 Å². The highest BCUT2D eigenvalue weighted by molar-refractivity contribution is 7.89. The Bertz CT molecular complexity index is 750. The third kappa shape index (κ3) is 4.09. The molecule has 0 aromatic heterocycles. The molecule has 0 unspecified atom stereocenters. The van der Waals surface area contributed by atoms with Crippen molar-refractivity contribution in [2.24, 2.45) is 0 Å². The molecule has 1 aliphatic rings. The number of hydrogen-bond acceptors (Lipinski definition) is 6. The summed E-state index contributed by atoms with van der Waals surface area (Å²) in [7, 11) is 0.349. The van der Waals surface area contributed by atoms with Crippen LogP contribution >= 0.6 is 0 Å². The molecule has 0 heterocycles. The van der Waals surface area contributed by atoms with Gasteiger partial charge in [0.15, 0.2) is 5.79 Å². The van der Waals surface area contributed by atoms with E-state index in [-0.39, 0.29) is 17.7 Å². The third-order valence-corrected chi connectivity index (χ3v) is 5.82. The van der Waals surface area contributed by atoms with Gasteiger partial charge in [-0.2, -0.15) is 0 Å². The molecule has 0 bridgehead atoms.